The minimum atomic E-state index is -0.782. The van der Waals surface area contributed by atoms with Crippen molar-refractivity contribution in [3.05, 3.63) is 23.8 Å². The molecule has 1 N–H and O–H groups in total. The standard InChI is InChI=1S/C13H16N2OS/c16-17-7-6-15-11-4-5-14-8-10(11)9-2-1-3-12(17)13(9)15/h1-3,10-11,14H,4-8H2/t10-,11-,17?/m1/s1. The van der Waals surface area contributed by atoms with Crippen LogP contribution in [-0.4, -0.2) is 35.6 Å². The van der Waals surface area contributed by atoms with E-state index in [9.17, 15) is 4.21 Å². The van der Waals surface area contributed by atoms with Gasteiger partial charge in [-0.05, 0) is 24.6 Å². The number of benzene rings is 1. The second kappa shape index (κ2) is 3.56. The summed E-state index contributed by atoms with van der Waals surface area (Å²) in [6.07, 6.45) is 1.21. The van der Waals surface area contributed by atoms with Crippen LogP contribution in [0.15, 0.2) is 23.1 Å². The fourth-order valence-electron chi connectivity index (χ4n) is 3.60. The van der Waals surface area contributed by atoms with Gasteiger partial charge in [0.1, 0.15) is 0 Å². The number of rotatable bonds is 0. The molecule has 3 aliphatic rings. The molecule has 0 radical (unpaired) electrons. The fourth-order valence-corrected chi connectivity index (χ4v) is 4.86. The van der Waals surface area contributed by atoms with Gasteiger partial charge in [-0.3, -0.25) is 4.21 Å². The lowest BCUT2D eigenvalue weighted by atomic mass is 9.90. The second-order valence-electron chi connectivity index (χ2n) is 5.10. The van der Waals surface area contributed by atoms with Crippen molar-refractivity contribution < 1.29 is 4.21 Å². The summed E-state index contributed by atoms with van der Waals surface area (Å²) in [5, 5.41) is 3.49. The molecular formula is C13H16N2OS. The molecule has 0 spiro atoms. The van der Waals surface area contributed by atoms with E-state index in [0.29, 0.717) is 12.0 Å². The van der Waals surface area contributed by atoms with E-state index in [-0.39, 0.29) is 0 Å². The molecule has 3 aliphatic heterocycles. The Balaban J connectivity index is 1.92. The Morgan fingerprint density at radius 2 is 2.35 bits per heavy atom. The molecule has 0 aliphatic carbocycles. The second-order valence-corrected chi connectivity index (χ2v) is 6.64. The van der Waals surface area contributed by atoms with E-state index in [4.69, 9.17) is 0 Å². The number of piperidine rings is 1. The summed E-state index contributed by atoms with van der Waals surface area (Å²) in [4.78, 5) is 3.60. The maximum absolute atomic E-state index is 12.1. The Kier molecular flexibility index (Phi) is 2.11. The van der Waals surface area contributed by atoms with Crippen LogP contribution in [0.2, 0.25) is 0 Å². The van der Waals surface area contributed by atoms with Crippen LogP contribution in [0.4, 0.5) is 5.69 Å². The van der Waals surface area contributed by atoms with Crippen LogP contribution in [0.3, 0.4) is 0 Å². The number of anilines is 1. The molecule has 1 saturated heterocycles. The maximum Gasteiger partial charge on any atom is 0.0625 e. The molecule has 0 aromatic heterocycles. The van der Waals surface area contributed by atoms with Gasteiger partial charge < -0.3 is 10.2 Å². The summed E-state index contributed by atoms with van der Waals surface area (Å²) in [6, 6.07) is 6.99. The van der Waals surface area contributed by atoms with E-state index >= 15 is 0 Å². The SMILES string of the molecule is O=S1CCN2c3c(cccc31)[C@H]1CNCC[C@H]12. The molecular weight excluding hydrogens is 232 g/mol. The van der Waals surface area contributed by atoms with E-state index < -0.39 is 10.8 Å². The van der Waals surface area contributed by atoms with Crippen molar-refractivity contribution in [3.8, 4) is 0 Å². The summed E-state index contributed by atoms with van der Waals surface area (Å²) < 4.78 is 12.1. The quantitative estimate of drug-likeness (QED) is 0.745. The van der Waals surface area contributed by atoms with Crippen molar-refractivity contribution >= 4 is 16.5 Å². The molecule has 17 heavy (non-hydrogen) atoms. The molecule has 1 unspecified atom stereocenters. The van der Waals surface area contributed by atoms with Gasteiger partial charge in [0.2, 0.25) is 0 Å². The van der Waals surface area contributed by atoms with E-state index in [1.54, 1.807) is 0 Å². The first-order chi connectivity index (χ1) is 8.36. The van der Waals surface area contributed by atoms with Crippen LogP contribution in [0.5, 0.6) is 0 Å². The van der Waals surface area contributed by atoms with Crippen LogP contribution in [0.1, 0.15) is 17.9 Å². The third-order valence-electron chi connectivity index (χ3n) is 4.33. The highest BCUT2D eigenvalue weighted by Gasteiger charge is 2.43. The van der Waals surface area contributed by atoms with Gasteiger partial charge in [-0.2, -0.15) is 0 Å². The summed E-state index contributed by atoms with van der Waals surface area (Å²) in [5.41, 5.74) is 2.73. The van der Waals surface area contributed by atoms with Crippen molar-refractivity contribution in [2.24, 2.45) is 0 Å². The third-order valence-corrected chi connectivity index (χ3v) is 5.70. The molecule has 3 heterocycles. The molecule has 0 saturated carbocycles. The average Bonchev–Trinajstić information content (AvgIpc) is 2.70. The van der Waals surface area contributed by atoms with Crippen molar-refractivity contribution in [3.63, 3.8) is 0 Å². The molecule has 4 heteroatoms. The van der Waals surface area contributed by atoms with Crippen molar-refractivity contribution in [1.29, 1.82) is 0 Å². The number of nitrogens with zero attached hydrogens (tertiary/aromatic N) is 1. The number of nitrogens with one attached hydrogen (secondary N) is 1. The molecule has 0 bridgehead atoms. The van der Waals surface area contributed by atoms with Gasteiger partial charge in [0.25, 0.3) is 0 Å². The minimum Gasteiger partial charge on any atom is -0.366 e. The molecule has 1 fully saturated rings. The summed E-state index contributed by atoms with van der Waals surface area (Å²) in [5.74, 6) is 1.40. The molecule has 1 aromatic rings. The van der Waals surface area contributed by atoms with Crippen LogP contribution in [0.25, 0.3) is 0 Å². The van der Waals surface area contributed by atoms with Gasteiger partial charge >= 0.3 is 0 Å². The van der Waals surface area contributed by atoms with Gasteiger partial charge in [0.15, 0.2) is 0 Å². The maximum atomic E-state index is 12.1. The lowest BCUT2D eigenvalue weighted by Gasteiger charge is -2.35. The number of para-hydroxylation sites is 1. The zero-order valence-corrected chi connectivity index (χ0v) is 10.5. The summed E-state index contributed by atoms with van der Waals surface area (Å²) in [7, 11) is -0.782. The first kappa shape index (κ1) is 10.1. The minimum absolute atomic E-state index is 0.605. The molecule has 4 rings (SSSR count). The lowest BCUT2D eigenvalue weighted by molar-refractivity contribution is 0.405. The smallest absolute Gasteiger partial charge is 0.0625 e. The molecule has 0 amide bonds. The van der Waals surface area contributed by atoms with Crippen LogP contribution in [0, 0.1) is 0 Å². The summed E-state index contributed by atoms with van der Waals surface area (Å²) >= 11 is 0. The van der Waals surface area contributed by atoms with Gasteiger partial charge in [-0.1, -0.05) is 12.1 Å². The normalized spacial score (nSPS) is 34.4. The van der Waals surface area contributed by atoms with E-state index in [2.05, 4.69) is 22.3 Å². The third kappa shape index (κ3) is 1.28. The Morgan fingerprint density at radius 1 is 1.41 bits per heavy atom. The predicted molar refractivity (Wildman–Crippen MR) is 69.1 cm³/mol. The topological polar surface area (TPSA) is 32.3 Å². The van der Waals surface area contributed by atoms with E-state index in [0.717, 1.165) is 30.3 Å². The zero-order valence-electron chi connectivity index (χ0n) is 9.69. The van der Waals surface area contributed by atoms with Crippen LogP contribution >= 0.6 is 0 Å². The van der Waals surface area contributed by atoms with Gasteiger partial charge in [0, 0.05) is 30.8 Å². The first-order valence-electron chi connectivity index (χ1n) is 6.35. The Bertz CT molecular complexity index is 502. The predicted octanol–water partition coefficient (Wildman–Crippen LogP) is 1.07. The number of fused-ring (bicyclic) bond motifs is 3. The highest BCUT2D eigenvalue weighted by molar-refractivity contribution is 7.85. The monoisotopic (exact) mass is 248 g/mol. The zero-order chi connectivity index (χ0) is 11.4. The Hall–Kier alpha value is -0.870. The van der Waals surface area contributed by atoms with Gasteiger partial charge in [-0.15, -0.1) is 0 Å². The fraction of sp³-hybridized carbons (Fsp3) is 0.538. The highest BCUT2D eigenvalue weighted by Crippen LogP contribution is 2.47. The largest absolute Gasteiger partial charge is 0.366 e. The molecule has 3 atom stereocenters. The molecule has 90 valence electrons. The van der Waals surface area contributed by atoms with Crippen molar-refractivity contribution in [2.45, 2.75) is 23.3 Å². The van der Waals surface area contributed by atoms with E-state index in [1.807, 2.05) is 6.07 Å². The van der Waals surface area contributed by atoms with Crippen molar-refractivity contribution in [1.82, 2.24) is 5.32 Å². The van der Waals surface area contributed by atoms with Gasteiger partial charge in [0.05, 0.1) is 21.4 Å². The number of hydrogen-bond donors (Lipinski definition) is 1. The highest BCUT2D eigenvalue weighted by atomic mass is 32.2. The number of hydrogen-bond acceptors (Lipinski definition) is 3. The van der Waals surface area contributed by atoms with E-state index in [1.165, 1.54) is 17.7 Å². The van der Waals surface area contributed by atoms with Crippen molar-refractivity contribution in [2.75, 3.05) is 30.3 Å². The Labute approximate surface area is 104 Å². The lowest BCUT2D eigenvalue weighted by Crippen LogP contribution is -2.46. The molecule has 1 aromatic carbocycles. The Morgan fingerprint density at radius 3 is 3.29 bits per heavy atom. The van der Waals surface area contributed by atoms with Gasteiger partial charge in [-0.25, -0.2) is 0 Å². The van der Waals surface area contributed by atoms with Crippen LogP contribution in [-0.2, 0) is 10.8 Å². The first-order valence-corrected chi connectivity index (χ1v) is 7.67. The summed E-state index contributed by atoms with van der Waals surface area (Å²) in [6.45, 7) is 3.16. The van der Waals surface area contributed by atoms with Crippen LogP contribution < -0.4 is 10.2 Å². The average molecular weight is 248 g/mol. The molecule has 3 nitrogen and oxygen atoms in total.